The monoisotopic (exact) mass is 373 g/mol. The van der Waals surface area contributed by atoms with Crippen molar-refractivity contribution >= 4 is 34.7 Å². The van der Waals surface area contributed by atoms with Crippen LogP contribution in [0.5, 0.6) is 0 Å². The molecule has 130 valence electrons. The van der Waals surface area contributed by atoms with Gasteiger partial charge in [-0.2, -0.15) is 0 Å². The molecule has 2 N–H and O–H groups in total. The number of nitrogens with one attached hydrogen (secondary N) is 2. The zero-order valence-electron chi connectivity index (χ0n) is 13.9. The van der Waals surface area contributed by atoms with E-state index >= 15 is 0 Å². The molecule has 0 unspecified atom stereocenters. The number of nitrogens with zero attached hydrogens (tertiary/aromatic N) is 1. The van der Waals surface area contributed by atoms with Crippen LogP contribution in [0.2, 0.25) is 0 Å². The number of thiophene rings is 1. The fourth-order valence-electron chi connectivity index (χ4n) is 3.51. The normalized spacial score (nSPS) is 22.0. The Bertz CT molecular complexity index is 886. The average molecular weight is 374 g/mol. The lowest BCUT2D eigenvalue weighted by Gasteiger charge is -2.35. The number of thioether (sulfide) groups is 1. The summed E-state index contributed by atoms with van der Waals surface area (Å²) in [5, 5.41) is 5.90. The van der Waals surface area contributed by atoms with Crippen molar-refractivity contribution in [2.24, 2.45) is 5.92 Å². The largest absolute Gasteiger partial charge is 0.343 e. The van der Waals surface area contributed by atoms with Gasteiger partial charge < -0.3 is 10.3 Å². The first-order chi connectivity index (χ1) is 12.2. The molecule has 0 amide bonds. The molecule has 2 aliphatic rings. The van der Waals surface area contributed by atoms with Gasteiger partial charge in [0.15, 0.2) is 5.16 Å². The molecule has 0 bridgehead atoms. The summed E-state index contributed by atoms with van der Waals surface area (Å²) in [4.78, 5) is 34.1. The summed E-state index contributed by atoms with van der Waals surface area (Å²) < 4.78 is 0. The molecule has 0 saturated heterocycles. The molecule has 1 aliphatic heterocycles. The van der Waals surface area contributed by atoms with E-state index < -0.39 is 0 Å². The molecule has 2 atom stereocenters. The molecule has 2 aromatic rings. The number of carbonyl (C=O) groups excluding carboxylic acids is 1. The van der Waals surface area contributed by atoms with Gasteiger partial charge in [0, 0.05) is 28.7 Å². The number of carbonyl (C=O) groups is 1. The number of allylic oxidation sites excluding steroid dienone is 2. The van der Waals surface area contributed by atoms with E-state index in [0.29, 0.717) is 23.0 Å². The number of H-pyrrole nitrogens is 1. The Balaban J connectivity index is 1.87. The van der Waals surface area contributed by atoms with Crippen molar-refractivity contribution in [3.05, 3.63) is 50.1 Å². The highest BCUT2D eigenvalue weighted by Crippen LogP contribution is 2.45. The Morgan fingerprint density at radius 2 is 2.24 bits per heavy atom. The first-order valence-electron chi connectivity index (χ1n) is 8.49. The second-order valence-corrected chi connectivity index (χ2v) is 8.30. The third kappa shape index (κ3) is 2.95. The van der Waals surface area contributed by atoms with E-state index in [1.165, 1.54) is 0 Å². The summed E-state index contributed by atoms with van der Waals surface area (Å²) in [6, 6.07) is 3.97. The van der Waals surface area contributed by atoms with Gasteiger partial charge in [-0.05, 0) is 24.3 Å². The van der Waals surface area contributed by atoms with Crippen LogP contribution in [0.1, 0.15) is 42.5 Å². The minimum Gasteiger partial charge on any atom is -0.343 e. The van der Waals surface area contributed by atoms with Gasteiger partial charge in [-0.25, -0.2) is 4.98 Å². The summed E-state index contributed by atoms with van der Waals surface area (Å²) >= 11 is 3.13. The van der Waals surface area contributed by atoms with Crippen LogP contribution < -0.4 is 10.9 Å². The quantitative estimate of drug-likeness (QED) is 0.631. The van der Waals surface area contributed by atoms with Crippen LogP contribution in [0, 0.1) is 5.92 Å². The number of aromatic nitrogens is 2. The van der Waals surface area contributed by atoms with E-state index in [2.05, 4.69) is 28.3 Å². The molecule has 5 nitrogen and oxygen atoms in total. The van der Waals surface area contributed by atoms with E-state index in [4.69, 9.17) is 0 Å². The predicted molar refractivity (Wildman–Crippen MR) is 101 cm³/mol. The summed E-state index contributed by atoms with van der Waals surface area (Å²) in [7, 11) is 0. The van der Waals surface area contributed by atoms with Gasteiger partial charge in [-0.1, -0.05) is 30.8 Å². The lowest BCUT2D eigenvalue weighted by atomic mass is 9.74. The lowest BCUT2D eigenvalue weighted by molar-refractivity contribution is -0.122. The Morgan fingerprint density at radius 1 is 1.36 bits per heavy atom. The molecule has 4 rings (SSSR count). The number of fused-ring (bicyclic) bond motifs is 2. The van der Waals surface area contributed by atoms with Crippen molar-refractivity contribution in [2.45, 2.75) is 37.3 Å². The zero-order valence-corrected chi connectivity index (χ0v) is 15.5. The van der Waals surface area contributed by atoms with Crippen LogP contribution in [0.4, 0.5) is 5.82 Å². The van der Waals surface area contributed by atoms with Crippen molar-refractivity contribution < 1.29 is 4.79 Å². The van der Waals surface area contributed by atoms with Gasteiger partial charge in [0.2, 0.25) is 0 Å². The molecule has 7 heteroatoms. The highest BCUT2D eigenvalue weighted by molar-refractivity contribution is 7.99. The maximum Gasteiger partial charge on any atom is 0.257 e. The van der Waals surface area contributed by atoms with E-state index in [0.717, 1.165) is 29.2 Å². The number of rotatable bonds is 4. The number of Topliss-reactive ketones (excluding diaryl/α,β-unsaturated/α-hetero) is 1. The first-order valence-corrected chi connectivity index (χ1v) is 10.4. The fraction of sp³-hybridized carbons (Fsp3) is 0.389. The van der Waals surface area contributed by atoms with Crippen molar-refractivity contribution in [3.63, 3.8) is 0 Å². The van der Waals surface area contributed by atoms with Crippen molar-refractivity contribution in [1.29, 1.82) is 0 Å². The van der Waals surface area contributed by atoms with Crippen molar-refractivity contribution in [3.8, 4) is 0 Å². The number of aromatic amines is 1. The van der Waals surface area contributed by atoms with Crippen LogP contribution in [-0.4, -0.2) is 21.5 Å². The van der Waals surface area contributed by atoms with E-state index in [1.807, 2.05) is 17.5 Å². The second kappa shape index (κ2) is 6.80. The molecule has 0 saturated carbocycles. The summed E-state index contributed by atoms with van der Waals surface area (Å²) in [6.45, 7) is 2.09. The Labute approximate surface area is 154 Å². The minimum atomic E-state index is -0.308. The van der Waals surface area contributed by atoms with Crippen LogP contribution in [0.25, 0.3) is 0 Å². The number of hydrogen-bond donors (Lipinski definition) is 2. The van der Waals surface area contributed by atoms with Gasteiger partial charge >= 0.3 is 0 Å². The third-order valence-electron chi connectivity index (χ3n) is 4.57. The minimum absolute atomic E-state index is 0.146. The third-order valence-corrected chi connectivity index (χ3v) is 6.60. The van der Waals surface area contributed by atoms with E-state index in [-0.39, 0.29) is 23.2 Å². The van der Waals surface area contributed by atoms with Crippen LogP contribution >= 0.6 is 23.1 Å². The molecule has 0 radical (unpaired) electrons. The van der Waals surface area contributed by atoms with Gasteiger partial charge in [-0.15, -0.1) is 11.3 Å². The van der Waals surface area contributed by atoms with Crippen molar-refractivity contribution in [1.82, 2.24) is 9.97 Å². The number of hydrogen-bond acceptors (Lipinski definition) is 6. The molecule has 1 aliphatic carbocycles. The number of anilines is 1. The van der Waals surface area contributed by atoms with Crippen molar-refractivity contribution in [2.75, 3.05) is 11.1 Å². The summed E-state index contributed by atoms with van der Waals surface area (Å²) in [5.74, 6) is 1.13. The Morgan fingerprint density at radius 3 is 3.00 bits per heavy atom. The average Bonchev–Trinajstić information content (AvgIpc) is 3.12. The molecular weight excluding hydrogens is 354 g/mol. The molecule has 0 aromatic carbocycles. The molecule has 3 heterocycles. The highest BCUT2D eigenvalue weighted by atomic mass is 32.2. The van der Waals surface area contributed by atoms with Crippen LogP contribution in [0.15, 0.2) is 39.2 Å². The molecular formula is C18H19N3O2S2. The summed E-state index contributed by atoms with van der Waals surface area (Å²) in [6.07, 6.45) is 4.36. The summed E-state index contributed by atoms with van der Waals surface area (Å²) in [5.41, 5.74) is 1.33. The maximum atomic E-state index is 12.9. The van der Waals surface area contributed by atoms with E-state index in [9.17, 15) is 9.59 Å². The maximum absolute atomic E-state index is 12.9. The zero-order chi connectivity index (χ0) is 17.4. The topological polar surface area (TPSA) is 74.8 Å². The predicted octanol–water partition coefficient (Wildman–Crippen LogP) is 3.75. The number of ketones is 1. The smallest absolute Gasteiger partial charge is 0.257 e. The van der Waals surface area contributed by atoms with Gasteiger partial charge in [0.25, 0.3) is 5.56 Å². The van der Waals surface area contributed by atoms with Gasteiger partial charge in [0.05, 0.1) is 11.5 Å². The van der Waals surface area contributed by atoms with Crippen LogP contribution in [0.3, 0.4) is 0 Å². The first kappa shape index (κ1) is 16.6. The molecule has 0 spiro atoms. The molecule has 0 fully saturated rings. The standard InChI is InChI=1S/C18H19N3O2S2/c1-2-8-25-18-20-16-15(17(23)21-18)14(12-7-4-9-24-12)13-10(19-16)5-3-6-11(13)22/h4-5,7,9,13-14H,2-3,6,8H2,1H3,(H2,19,20,21,23)/t13-,14-/m1/s1. The fourth-order valence-corrected chi connectivity index (χ4v) is 5.10. The van der Waals surface area contributed by atoms with E-state index in [1.54, 1.807) is 23.1 Å². The molecule has 2 aromatic heterocycles. The highest BCUT2D eigenvalue weighted by Gasteiger charge is 2.42. The molecule has 25 heavy (non-hydrogen) atoms. The van der Waals surface area contributed by atoms with Crippen LogP contribution in [-0.2, 0) is 4.79 Å². The van der Waals surface area contributed by atoms with Gasteiger partial charge in [-0.3, -0.25) is 9.59 Å². The Hall–Kier alpha value is -1.86. The second-order valence-electron chi connectivity index (χ2n) is 6.24. The SMILES string of the molecule is CCCSc1nc2c(c(=O)[nH]1)[C@H](c1cccs1)[C@H]1C(=O)CCC=C1N2. The Kier molecular flexibility index (Phi) is 4.52. The van der Waals surface area contributed by atoms with Gasteiger partial charge in [0.1, 0.15) is 11.6 Å². The lowest BCUT2D eigenvalue weighted by Crippen LogP contribution is -2.38.